The molecule has 9 heteroatoms. The molecular formula is C24H27ClN4O3S. The van der Waals surface area contributed by atoms with Crippen LogP contribution in [0.3, 0.4) is 0 Å². The first kappa shape index (κ1) is 24.7. The molecular weight excluding hydrogens is 460 g/mol. The van der Waals surface area contributed by atoms with Crippen molar-refractivity contribution in [1.82, 2.24) is 9.55 Å². The number of carbonyl (C=O) groups excluding carboxylic acids is 1. The normalized spacial score (nSPS) is 11.8. The predicted molar refractivity (Wildman–Crippen MR) is 135 cm³/mol. The van der Waals surface area contributed by atoms with Crippen molar-refractivity contribution in [1.29, 1.82) is 0 Å². The molecule has 174 valence electrons. The second-order valence-electron chi connectivity index (χ2n) is 7.62. The fourth-order valence-electron chi connectivity index (χ4n) is 3.40. The number of nitrogens with two attached hydrogens (primary N) is 1. The number of rotatable bonds is 9. The van der Waals surface area contributed by atoms with E-state index in [1.54, 1.807) is 19.1 Å². The summed E-state index contributed by atoms with van der Waals surface area (Å²) in [5.41, 5.74) is 5.91. The third kappa shape index (κ3) is 6.09. The summed E-state index contributed by atoms with van der Waals surface area (Å²) in [6, 6.07) is 16.5. The summed E-state index contributed by atoms with van der Waals surface area (Å²) in [5.74, 6) is -0.286. The van der Waals surface area contributed by atoms with Gasteiger partial charge in [0.1, 0.15) is 5.82 Å². The van der Waals surface area contributed by atoms with Gasteiger partial charge in [0.15, 0.2) is 5.69 Å². The molecule has 1 amide bonds. The Morgan fingerprint density at radius 3 is 2.45 bits per heavy atom. The number of halogens is 1. The lowest BCUT2D eigenvalue weighted by Crippen LogP contribution is -2.44. The molecule has 1 heterocycles. The molecule has 0 aliphatic rings. The fraction of sp³-hybridized carbons (Fsp3) is 0.292. The lowest BCUT2D eigenvalue weighted by Gasteiger charge is -2.27. The number of thioether (sulfide) groups is 1. The maximum absolute atomic E-state index is 13.5. The smallest absolute Gasteiger partial charge is 0.330 e. The van der Waals surface area contributed by atoms with Crippen molar-refractivity contribution >= 4 is 40.8 Å². The summed E-state index contributed by atoms with van der Waals surface area (Å²) in [6.07, 6.45) is 1.50. The van der Waals surface area contributed by atoms with E-state index in [0.29, 0.717) is 18.0 Å². The first-order valence-electron chi connectivity index (χ1n) is 10.7. The molecule has 3 rings (SSSR count). The summed E-state index contributed by atoms with van der Waals surface area (Å²) >= 11 is 7.32. The lowest BCUT2D eigenvalue weighted by molar-refractivity contribution is -0.117. The van der Waals surface area contributed by atoms with Crippen LogP contribution in [0.25, 0.3) is 0 Å². The largest absolute Gasteiger partial charge is 0.383 e. The Balaban J connectivity index is 1.97. The van der Waals surface area contributed by atoms with E-state index in [9.17, 15) is 14.4 Å². The molecule has 0 fully saturated rings. The Kier molecular flexibility index (Phi) is 8.41. The standard InChI is InChI=1S/C24H27ClN4O3S/c1-3-4-14-28(23(31)16(2)33-19-12-10-18(25)11-13-19)20-21(26)29(24(32)27-22(20)30)15-17-8-6-5-7-9-17/h5-13,16H,3-4,14-15,26H2,1-2H3,(H,27,30,32). The number of H-pyrrole nitrogens is 1. The van der Waals surface area contributed by atoms with Gasteiger partial charge in [-0.25, -0.2) is 4.79 Å². The lowest BCUT2D eigenvalue weighted by atomic mass is 10.2. The van der Waals surface area contributed by atoms with Crippen molar-refractivity contribution in [2.45, 2.75) is 43.4 Å². The molecule has 0 bridgehead atoms. The van der Waals surface area contributed by atoms with Crippen molar-refractivity contribution in [2.75, 3.05) is 17.2 Å². The van der Waals surface area contributed by atoms with Crippen LogP contribution in [-0.2, 0) is 11.3 Å². The van der Waals surface area contributed by atoms with Gasteiger partial charge in [-0.15, -0.1) is 11.8 Å². The average Bonchev–Trinajstić information content (AvgIpc) is 2.80. The second-order valence-corrected chi connectivity index (χ2v) is 9.47. The molecule has 0 saturated carbocycles. The average molecular weight is 487 g/mol. The van der Waals surface area contributed by atoms with Crippen LogP contribution in [0, 0.1) is 0 Å². The molecule has 0 spiro atoms. The van der Waals surface area contributed by atoms with E-state index in [0.717, 1.165) is 16.9 Å². The quantitative estimate of drug-likeness (QED) is 0.443. The summed E-state index contributed by atoms with van der Waals surface area (Å²) < 4.78 is 1.29. The SMILES string of the molecule is CCCCN(C(=O)C(C)Sc1ccc(Cl)cc1)c1c(N)n(Cc2ccccc2)c(=O)[nH]c1=O. The van der Waals surface area contributed by atoms with Crippen molar-refractivity contribution in [3.05, 3.63) is 86.0 Å². The van der Waals surface area contributed by atoms with Crippen LogP contribution in [0.2, 0.25) is 5.02 Å². The van der Waals surface area contributed by atoms with Gasteiger partial charge < -0.3 is 10.6 Å². The van der Waals surface area contributed by atoms with Crippen LogP contribution in [0.5, 0.6) is 0 Å². The second kappa shape index (κ2) is 11.2. The molecule has 33 heavy (non-hydrogen) atoms. The van der Waals surface area contributed by atoms with Crippen molar-refractivity contribution < 1.29 is 4.79 Å². The summed E-state index contributed by atoms with van der Waals surface area (Å²) in [6.45, 7) is 4.28. The van der Waals surface area contributed by atoms with Crippen LogP contribution in [0.4, 0.5) is 11.5 Å². The Bertz CT molecular complexity index is 1210. The Labute approximate surface area is 201 Å². The van der Waals surface area contributed by atoms with Gasteiger partial charge >= 0.3 is 5.69 Å². The first-order valence-corrected chi connectivity index (χ1v) is 12.0. The number of aromatic amines is 1. The molecule has 0 aliphatic carbocycles. The number of hydrogen-bond donors (Lipinski definition) is 2. The zero-order valence-electron chi connectivity index (χ0n) is 18.6. The van der Waals surface area contributed by atoms with E-state index < -0.39 is 16.5 Å². The van der Waals surface area contributed by atoms with Gasteiger partial charge in [0.05, 0.1) is 11.8 Å². The summed E-state index contributed by atoms with van der Waals surface area (Å²) in [4.78, 5) is 43.4. The number of benzene rings is 2. The highest BCUT2D eigenvalue weighted by atomic mass is 35.5. The van der Waals surface area contributed by atoms with Gasteiger partial charge in [-0.3, -0.25) is 19.1 Å². The van der Waals surface area contributed by atoms with Gasteiger partial charge in [0.2, 0.25) is 5.91 Å². The topological polar surface area (TPSA) is 101 Å². The van der Waals surface area contributed by atoms with Gasteiger partial charge in [-0.2, -0.15) is 0 Å². The van der Waals surface area contributed by atoms with E-state index >= 15 is 0 Å². The van der Waals surface area contributed by atoms with E-state index in [-0.39, 0.29) is 24.0 Å². The number of unbranched alkanes of at least 4 members (excludes halogenated alkanes) is 1. The molecule has 1 atom stereocenters. The summed E-state index contributed by atoms with van der Waals surface area (Å²) in [5, 5.41) is 0.124. The molecule has 1 aromatic heterocycles. The van der Waals surface area contributed by atoms with Crippen LogP contribution >= 0.6 is 23.4 Å². The van der Waals surface area contributed by atoms with E-state index in [1.165, 1.54) is 21.2 Å². The number of aromatic nitrogens is 2. The van der Waals surface area contributed by atoms with Gasteiger partial charge in [0.25, 0.3) is 5.56 Å². The van der Waals surface area contributed by atoms with Crippen LogP contribution < -0.4 is 21.9 Å². The van der Waals surface area contributed by atoms with Crippen molar-refractivity contribution in [3.63, 3.8) is 0 Å². The molecule has 0 saturated heterocycles. The van der Waals surface area contributed by atoms with Crippen molar-refractivity contribution in [2.24, 2.45) is 0 Å². The van der Waals surface area contributed by atoms with E-state index in [1.807, 2.05) is 49.4 Å². The number of amides is 1. The van der Waals surface area contributed by atoms with Crippen LogP contribution in [0.1, 0.15) is 32.3 Å². The minimum absolute atomic E-state index is 0.00698. The molecule has 2 aromatic carbocycles. The Morgan fingerprint density at radius 2 is 1.82 bits per heavy atom. The number of nitrogens with one attached hydrogen (secondary N) is 1. The molecule has 3 N–H and O–H groups in total. The Morgan fingerprint density at radius 1 is 1.15 bits per heavy atom. The highest BCUT2D eigenvalue weighted by molar-refractivity contribution is 8.00. The summed E-state index contributed by atoms with van der Waals surface area (Å²) in [7, 11) is 0. The van der Waals surface area contributed by atoms with E-state index in [2.05, 4.69) is 4.98 Å². The van der Waals surface area contributed by atoms with Gasteiger partial charge in [-0.05, 0) is 43.2 Å². The monoisotopic (exact) mass is 486 g/mol. The maximum atomic E-state index is 13.5. The van der Waals surface area contributed by atoms with Crippen LogP contribution in [-0.4, -0.2) is 27.3 Å². The molecule has 1 unspecified atom stereocenters. The van der Waals surface area contributed by atoms with Gasteiger partial charge in [-0.1, -0.05) is 55.3 Å². The third-order valence-corrected chi connectivity index (χ3v) is 6.49. The molecule has 0 aliphatic heterocycles. The zero-order valence-corrected chi connectivity index (χ0v) is 20.2. The number of carbonyl (C=O) groups is 1. The number of nitrogen functional groups attached to an aromatic ring is 1. The first-order chi connectivity index (χ1) is 15.8. The van der Waals surface area contributed by atoms with Crippen molar-refractivity contribution in [3.8, 4) is 0 Å². The number of anilines is 2. The predicted octanol–water partition coefficient (Wildman–Crippen LogP) is 4.13. The zero-order chi connectivity index (χ0) is 24.0. The minimum Gasteiger partial charge on any atom is -0.383 e. The number of hydrogen-bond acceptors (Lipinski definition) is 5. The fourth-order valence-corrected chi connectivity index (χ4v) is 4.45. The van der Waals surface area contributed by atoms with E-state index in [4.69, 9.17) is 17.3 Å². The number of nitrogens with zero attached hydrogens (tertiary/aromatic N) is 2. The highest BCUT2D eigenvalue weighted by Gasteiger charge is 2.28. The minimum atomic E-state index is -0.671. The molecule has 0 radical (unpaired) electrons. The van der Waals surface area contributed by atoms with Crippen LogP contribution in [0.15, 0.2) is 69.1 Å². The van der Waals surface area contributed by atoms with Gasteiger partial charge in [0, 0.05) is 16.5 Å². The molecule has 3 aromatic rings. The third-order valence-electron chi connectivity index (χ3n) is 5.14. The Hall–Kier alpha value is -2.97. The molecule has 7 nitrogen and oxygen atoms in total. The maximum Gasteiger partial charge on any atom is 0.330 e. The highest BCUT2D eigenvalue weighted by Crippen LogP contribution is 2.28.